The summed E-state index contributed by atoms with van der Waals surface area (Å²) in [7, 11) is 1.97. The molecule has 1 aliphatic heterocycles. The number of para-hydroxylation sites is 1. The molecule has 0 radical (unpaired) electrons. The zero-order valence-corrected chi connectivity index (χ0v) is 16.3. The Morgan fingerprint density at radius 2 is 2.07 bits per heavy atom. The fraction of sp³-hybridized carbons (Fsp3) is 0.261. The van der Waals surface area contributed by atoms with Gasteiger partial charge >= 0.3 is 0 Å². The highest BCUT2D eigenvalue weighted by molar-refractivity contribution is 6.07. The van der Waals surface area contributed by atoms with Crippen LogP contribution in [0.15, 0.2) is 59.4 Å². The van der Waals surface area contributed by atoms with Gasteiger partial charge in [-0.15, -0.1) is 0 Å². The number of aryl methyl sites for hydroxylation is 3. The van der Waals surface area contributed by atoms with Gasteiger partial charge in [-0.3, -0.25) is 9.78 Å². The summed E-state index contributed by atoms with van der Waals surface area (Å²) in [4.78, 5) is 23.9. The molecule has 0 aliphatic carbocycles. The minimum absolute atomic E-state index is 0.0485. The van der Waals surface area contributed by atoms with E-state index < -0.39 is 0 Å². The first-order valence-electron chi connectivity index (χ1n) is 9.89. The van der Waals surface area contributed by atoms with Gasteiger partial charge in [-0.2, -0.15) is 0 Å². The topological polar surface area (TPSA) is 64.2 Å². The molecule has 0 atom stereocenters. The van der Waals surface area contributed by atoms with Gasteiger partial charge in [-0.25, -0.2) is 4.98 Å². The summed E-state index contributed by atoms with van der Waals surface area (Å²) in [5, 5.41) is 0.989. The monoisotopic (exact) mass is 386 g/mol. The number of oxazole rings is 1. The molecule has 3 aromatic heterocycles. The Labute approximate surface area is 168 Å². The first kappa shape index (κ1) is 17.7. The molecule has 0 bridgehead atoms. The summed E-state index contributed by atoms with van der Waals surface area (Å²) in [6.07, 6.45) is 7.83. The molecule has 4 heterocycles. The lowest BCUT2D eigenvalue weighted by Gasteiger charge is -2.25. The number of rotatable bonds is 4. The normalized spacial score (nSPS) is 13.6. The number of hydrogen-bond acceptors (Lipinski definition) is 4. The van der Waals surface area contributed by atoms with Crippen molar-refractivity contribution in [2.45, 2.75) is 25.8 Å². The molecule has 0 unspecified atom stereocenters. The summed E-state index contributed by atoms with van der Waals surface area (Å²) in [6, 6.07) is 12.0. The Hall–Kier alpha value is -3.41. The second kappa shape index (κ2) is 7.20. The van der Waals surface area contributed by atoms with Crippen LogP contribution in [0.1, 0.15) is 33.3 Å². The van der Waals surface area contributed by atoms with Gasteiger partial charge in [0, 0.05) is 55.9 Å². The summed E-state index contributed by atoms with van der Waals surface area (Å²) < 4.78 is 7.97. The lowest BCUT2D eigenvalue weighted by atomic mass is 10.1. The van der Waals surface area contributed by atoms with Crippen LogP contribution in [0.4, 0.5) is 0 Å². The second-order valence-electron chi connectivity index (χ2n) is 7.49. The maximum absolute atomic E-state index is 13.2. The number of pyridine rings is 1. The van der Waals surface area contributed by atoms with Crippen molar-refractivity contribution in [2.75, 3.05) is 6.54 Å². The maximum atomic E-state index is 13.2. The third kappa shape index (κ3) is 3.31. The standard InChI is InChI=1S/C23H22N4O2/c1-26-14-18(17-6-2-3-7-20(17)26)23(28)27-12-10-21-19(15-27)25-22(29-21)9-8-16-5-4-11-24-13-16/h2-7,11,13-14H,8-10,12,15H2,1H3. The van der Waals surface area contributed by atoms with Crippen LogP contribution >= 0.6 is 0 Å². The molecule has 0 spiro atoms. The Morgan fingerprint density at radius 3 is 2.93 bits per heavy atom. The highest BCUT2D eigenvalue weighted by atomic mass is 16.4. The summed E-state index contributed by atoms with van der Waals surface area (Å²) in [6.45, 7) is 1.14. The van der Waals surface area contributed by atoms with Gasteiger partial charge in [-0.1, -0.05) is 24.3 Å². The molecule has 0 saturated heterocycles. The van der Waals surface area contributed by atoms with Crippen molar-refractivity contribution in [2.24, 2.45) is 7.05 Å². The number of fused-ring (bicyclic) bond motifs is 2. The molecule has 1 aromatic carbocycles. The second-order valence-corrected chi connectivity index (χ2v) is 7.49. The average molecular weight is 386 g/mol. The molecule has 5 rings (SSSR count). The van der Waals surface area contributed by atoms with Gasteiger partial charge in [0.05, 0.1) is 12.1 Å². The van der Waals surface area contributed by atoms with Gasteiger partial charge < -0.3 is 13.9 Å². The zero-order valence-electron chi connectivity index (χ0n) is 16.3. The molecule has 29 heavy (non-hydrogen) atoms. The van der Waals surface area contributed by atoms with Crippen LogP contribution < -0.4 is 0 Å². The van der Waals surface area contributed by atoms with Crippen LogP contribution in [0.2, 0.25) is 0 Å². The Balaban J connectivity index is 1.33. The third-order valence-corrected chi connectivity index (χ3v) is 5.54. The fourth-order valence-corrected chi connectivity index (χ4v) is 4.01. The predicted octanol–water partition coefficient (Wildman–Crippen LogP) is 3.55. The van der Waals surface area contributed by atoms with Crippen LogP contribution in [0.5, 0.6) is 0 Å². The molecule has 4 aromatic rings. The first-order valence-corrected chi connectivity index (χ1v) is 9.89. The Bertz CT molecular complexity index is 1180. The Morgan fingerprint density at radius 1 is 1.17 bits per heavy atom. The number of hydrogen-bond donors (Lipinski definition) is 0. The highest BCUT2D eigenvalue weighted by Crippen LogP contribution is 2.26. The van der Waals surface area contributed by atoms with Crippen molar-refractivity contribution in [3.8, 4) is 0 Å². The van der Waals surface area contributed by atoms with E-state index in [9.17, 15) is 4.79 Å². The average Bonchev–Trinajstić information content (AvgIpc) is 3.33. The molecule has 1 amide bonds. The molecule has 0 saturated carbocycles. The van der Waals surface area contributed by atoms with Crippen LogP contribution in [-0.2, 0) is 32.9 Å². The van der Waals surface area contributed by atoms with Crippen LogP contribution in [0.3, 0.4) is 0 Å². The van der Waals surface area contributed by atoms with E-state index in [-0.39, 0.29) is 5.91 Å². The number of carbonyl (C=O) groups is 1. The number of nitrogens with zero attached hydrogens (tertiary/aromatic N) is 4. The minimum atomic E-state index is 0.0485. The molecular weight excluding hydrogens is 364 g/mol. The molecule has 146 valence electrons. The van der Waals surface area contributed by atoms with E-state index in [1.165, 1.54) is 0 Å². The maximum Gasteiger partial charge on any atom is 0.256 e. The van der Waals surface area contributed by atoms with Crippen molar-refractivity contribution in [3.05, 3.63) is 83.5 Å². The van der Waals surface area contributed by atoms with Crippen molar-refractivity contribution in [3.63, 3.8) is 0 Å². The van der Waals surface area contributed by atoms with Gasteiger partial charge in [0.2, 0.25) is 0 Å². The minimum Gasteiger partial charge on any atom is -0.445 e. The van der Waals surface area contributed by atoms with E-state index in [4.69, 9.17) is 4.42 Å². The fourth-order valence-electron chi connectivity index (χ4n) is 4.01. The molecule has 6 nitrogen and oxygen atoms in total. The van der Waals surface area contributed by atoms with E-state index in [0.717, 1.165) is 52.2 Å². The molecular formula is C23H22N4O2. The molecule has 0 N–H and O–H groups in total. The van der Waals surface area contributed by atoms with Gasteiger partial charge in [-0.05, 0) is 24.1 Å². The van der Waals surface area contributed by atoms with Crippen LogP contribution in [-0.4, -0.2) is 31.9 Å². The van der Waals surface area contributed by atoms with E-state index in [1.54, 1.807) is 6.20 Å². The van der Waals surface area contributed by atoms with E-state index in [1.807, 2.05) is 59.2 Å². The van der Waals surface area contributed by atoms with E-state index >= 15 is 0 Å². The number of amides is 1. The van der Waals surface area contributed by atoms with Crippen molar-refractivity contribution in [1.29, 1.82) is 0 Å². The largest absolute Gasteiger partial charge is 0.445 e. The Kier molecular flexibility index (Phi) is 4.39. The SMILES string of the molecule is Cn1cc(C(=O)N2CCc3oc(CCc4cccnc4)nc3C2)c2ccccc21. The van der Waals surface area contributed by atoms with Crippen LogP contribution in [0.25, 0.3) is 10.9 Å². The number of carbonyl (C=O) groups excluding carboxylic acids is 1. The molecule has 6 heteroatoms. The quantitative estimate of drug-likeness (QED) is 0.538. The lowest BCUT2D eigenvalue weighted by Crippen LogP contribution is -2.35. The van der Waals surface area contributed by atoms with Gasteiger partial charge in [0.1, 0.15) is 11.5 Å². The lowest BCUT2D eigenvalue weighted by molar-refractivity contribution is 0.0729. The van der Waals surface area contributed by atoms with Crippen molar-refractivity contribution in [1.82, 2.24) is 19.4 Å². The van der Waals surface area contributed by atoms with Crippen LogP contribution in [0, 0.1) is 0 Å². The first-order chi connectivity index (χ1) is 14.2. The van der Waals surface area contributed by atoms with Gasteiger partial charge in [0.25, 0.3) is 5.91 Å². The predicted molar refractivity (Wildman–Crippen MR) is 110 cm³/mol. The van der Waals surface area contributed by atoms with E-state index in [2.05, 4.69) is 16.0 Å². The smallest absolute Gasteiger partial charge is 0.256 e. The zero-order chi connectivity index (χ0) is 19.8. The number of benzene rings is 1. The van der Waals surface area contributed by atoms with Crippen molar-refractivity contribution < 1.29 is 9.21 Å². The number of aromatic nitrogens is 3. The van der Waals surface area contributed by atoms with Crippen molar-refractivity contribution >= 4 is 16.8 Å². The molecule has 0 fully saturated rings. The van der Waals surface area contributed by atoms with E-state index in [0.29, 0.717) is 19.5 Å². The molecule has 1 aliphatic rings. The van der Waals surface area contributed by atoms with Gasteiger partial charge in [0.15, 0.2) is 5.89 Å². The summed E-state index contributed by atoms with van der Waals surface area (Å²) in [5.41, 5.74) is 3.85. The summed E-state index contributed by atoms with van der Waals surface area (Å²) in [5.74, 6) is 1.69. The third-order valence-electron chi connectivity index (χ3n) is 5.54. The summed E-state index contributed by atoms with van der Waals surface area (Å²) >= 11 is 0. The highest BCUT2D eigenvalue weighted by Gasteiger charge is 2.27.